The number of esters is 4. The van der Waals surface area contributed by atoms with Crippen LogP contribution in [0.1, 0.15) is 171 Å². The van der Waals surface area contributed by atoms with Gasteiger partial charge in [0.2, 0.25) is 0 Å². The first-order valence-electron chi connectivity index (χ1n) is 25.9. The van der Waals surface area contributed by atoms with Crippen molar-refractivity contribution in [2.75, 3.05) is 14.2 Å². The van der Waals surface area contributed by atoms with Gasteiger partial charge in [0.05, 0.1) is 26.1 Å². The van der Waals surface area contributed by atoms with Crippen molar-refractivity contribution >= 4 is 23.9 Å². The summed E-state index contributed by atoms with van der Waals surface area (Å²) < 4.78 is 15.2. The first-order valence-corrected chi connectivity index (χ1v) is 25.9. The van der Waals surface area contributed by atoms with Gasteiger partial charge < -0.3 is 14.2 Å². The van der Waals surface area contributed by atoms with Crippen molar-refractivity contribution in [1.82, 2.24) is 0 Å². The molecule has 344 valence electrons. The SMILES string of the molecule is COC(=O)CCC(C)C1CCC2C3C(C)CC4CC(CC5CC(C(C)CCC6C7CC(CC(=O)OC)C(C7)C6CC6C(=O)OC(=O)C6C)CC5C)CCC4(C)C3CC(C)C12C. The molecule has 61 heavy (non-hydrogen) atoms. The van der Waals surface area contributed by atoms with Crippen molar-refractivity contribution in [3.05, 3.63) is 0 Å². The van der Waals surface area contributed by atoms with E-state index in [0.717, 1.165) is 84.9 Å². The number of ether oxygens (including phenoxy) is 3. The summed E-state index contributed by atoms with van der Waals surface area (Å²) in [5.74, 6) is 11.0. The van der Waals surface area contributed by atoms with Crippen LogP contribution >= 0.6 is 0 Å². The van der Waals surface area contributed by atoms with Crippen LogP contribution in [0, 0.1) is 129 Å². The largest absolute Gasteiger partial charge is 0.469 e. The summed E-state index contributed by atoms with van der Waals surface area (Å²) in [6.45, 7) is 20.1. The number of carbonyl (C=O) groups is 4. The summed E-state index contributed by atoms with van der Waals surface area (Å²) in [5.41, 5.74) is 0.870. The molecule has 7 nitrogen and oxygen atoms in total. The number of hydrogen-bond donors (Lipinski definition) is 0. The van der Waals surface area contributed by atoms with E-state index in [9.17, 15) is 19.2 Å². The molecule has 22 atom stereocenters. The minimum Gasteiger partial charge on any atom is -0.469 e. The molecule has 0 amide bonds. The molecular formula is C54H86O7. The number of fused-ring (bicyclic) bond motifs is 7. The van der Waals surface area contributed by atoms with E-state index in [2.05, 4.69) is 48.5 Å². The van der Waals surface area contributed by atoms with E-state index in [4.69, 9.17) is 14.2 Å². The molecule has 7 saturated carbocycles. The molecule has 8 rings (SSSR count). The average Bonchev–Trinajstić information content (AvgIpc) is 4.03. The molecule has 1 heterocycles. The highest BCUT2D eigenvalue weighted by Crippen LogP contribution is 2.71. The van der Waals surface area contributed by atoms with Gasteiger partial charge in [-0.1, -0.05) is 61.8 Å². The topological polar surface area (TPSA) is 96.0 Å². The number of methoxy groups -OCH3 is 2. The Labute approximate surface area is 370 Å². The lowest BCUT2D eigenvalue weighted by molar-refractivity contribution is -0.164. The smallest absolute Gasteiger partial charge is 0.317 e. The summed E-state index contributed by atoms with van der Waals surface area (Å²) in [4.78, 5) is 49.6. The van der Waals surface area contributed by atoms with E-state index in [1.807, 2.05) is 6.92 Å². The van der Waals surface area contributed by atoms with Crippen molar-refractivity contribution in [2.24, 2.45) is 129 Å². The molecule has 0 radical (unpaired) electrons. The highest BCUT2D eigenvalue weighted by atomic mass is 16.6. The van der Waals surface area contributed by atoms with Crippen LogP contribution in [0.5, 0.6) is 0 Å². The maximum absolute atomic E-state index is 12.8. The maximum atomic E-state index is 12.8. The predicted octanol–water partition coefficient (Wildman–Crippen LogP) is 12.0. The van der Waals surface area contributed by atoms with Crippen LogP contribution in [0.4, 0.5) is 0 Å². The molecule has 0 N–H and O–H groups in total. The number of hydrogen-bond acceptors (Lipinski definition) is 7. The molecule has 0 aromatic heterocycles. The van der Waals surface area contributed by atoms with Gasteiger partial charge in [0.25, 0.3) is 0 Å². The van der Waals surface area contributed by atoms with Gasteiger partial charge in [-0.25, -0.2) is 0 Å². The fourth-order valence-corrected chi connectivity index (χ4v) is 18.5. The van der Waals surface area contributed by atoms with Crippen LogP contribution < -0.4 is 0 Å². The average molecular weight is 847 g/mol. The van der Waals surface area contributed by atoms with E-state index in [-0.39, 0.29) is 35.7 Å². The lowest BCUT2D eigenvalue weighted by atomic mass is 9.40. The molecule has 0 aromatic rings. The van der Waals surface area contributed by atoms with Gasteiger partial charge in [-0.2, -0.15) is 0 Å². The lowest BCUT2D eigenvalue weighted by Crippen LogP contribution is -2.58. The summed E-state index contributed by atoms with van der Waals surface area (Å²) >= 11 is 0. The van der Waals surface area contributed by atoms with Crippen LogP contribution in [-0.4, -0.2) is 38.1 Å². The molecule has 7 heteroatoms. The zero-order chi connectivity index (χ0) is 43.7. The fraction of sp³-hybridized carbons (Fsp3) is 0.926. The highest BCUT2D eigenvalue weighted by Gasteiger charge is 2.64. The Morgan fingerprint density at radius 2 is 1.51 bits per heavy atom. The molecule has 2 bridgehead atoms. The van der Waals surface area contributed by atoms with Gasteiger partial charge in [0, 0.05) is 12.8 Å². The third kappa shape index (κ3) is 8.22. The second kappa shape index (κ2) is 17.8. The third-order valence-electron chi connectivity index (χ3n) is 22.1. The van der Waals surface area contributed by atoms with E-state index in [1.165, 1.54) is 91.3 Å². The van der Waals surface area contributed by atoms with Gasteiger partial charge in [0.15, 0.2) is 0 Å². The molecule has 7 aliphatic carbocycles. The number of cyclic esters (lactones) is 2. The Hall–Kier alpha value is -1.92. The highest BCUT2D eigenvalue weighted by molar-refractivity contribution is 5.96. The lowest BCUT2D eigenvalue weighted by Gasteiger charge is -2.65. The second-order valence-corrected chi connectivity index (χ2v) is 24.5. The van der Waals surface area contributed by atoms with Crippen LogP contribution in [0.3, 0.4) is 0 Å². The quantitative estimate of drug-likeness (QED) is 0.0976. The zero-order valence-electron chi connectivity index (χ0n) is 40.1. The Morgan fingerprint density at radius 3 is 2.21 bits per heavy atom. The maximum Gasteiger partial charge on any atom is 0.317 e. The van der Waals surface area contributed by atoms with E-state index in [1.54, 1.807) is 0 Å². The Balaban J connectivity index is 0.857. The molecule has 0 spiro atoms. The van der Waals surface area contributed by atoms with Crippen molar-refractivity contribution in [3.8, 4) is 0 Å². The first-order chi connectivity index (χ1) is 29.0. The second-order valence-electron chi connectivity index (χ2n) is 24.5. The van der Waals surface area contributed by atoms with Gasteiger partial charge in [0.1, 0.15) is 0 Å². The van der Waals surface area contributed by atoms with E-state index >= 15 is 0 Å². The third-order valence-corrected chi connectivity index (χ3v) is 22.1. The van der Waals surface area contributed by atoms with Crippen LogP contribution in [0.15, 0.2) is 0 Å². The van der Waals surface area contributed by atoms with Gasteiger partial charge in [-0.15, -0.1) is 0 Å². The van der Waals surface area contributed by atoms with Gasteiger partial charge in [-0.3, -0.25) is 19.2 Å². The van der Waals surface area contributed by atoms with Gasteiger partial charge >= 0.3 is 23.9 Å². The minimum absolute atomic E-state index is 0.0528. The standard InChI is InChI=1S/C54H86O7/c1-29(11-13-41-38-25-39(27-49(56)60-10)43(26-38)44(41)28-42-34(6)51(57)61-52(42)58)36-19-31(3)37(24-36)22-35-17-18-53(7)40(23-35)20-32(4)50-46-15-14-45(30(2)12-16-48(55)59-9)54(46,8)33(5)21-47(50)53/h29-47,50H,11-28H2,1-10H3. The van der Waals surface area contributed by atoms with Gasteiger partial charge in [-0.05, 0) is 214 Å². The van der Waals surface area contributed by atoms with E-state index < -0.39 is 0 Å². The Kier molecular flexibility index (Phi) is 13.3. The van der Waals surface area contributed by atoms with Crippen molar-refractivity contribution in [1.29, 1.82) is 0 Å². The molecule has 22 unspecified atom stereocenters. The Morgan fingerprint density at radius 1 is 0.754 bits per heavy atom. The van der Waals surface area contributed by atoms with Crippen LogP contribution in [0.25, 0.3) is 0 Å². The summed E-state index contributed by atoms with van der Waals surface area (Å²) in [5, 5.41) is 0. The summed E-state index contributed by atoms with van der Waals surface area (Å²) in [6, 6.07) is 0. The summed E-state index contributed by atoms with van der Waals surface area (Å²) in [6.07, 6.45) is 21.5. The van der Waals surface area contributed by atoms with Crippen LogP contribution in [0.2, 0.25) is 0 Å². The number of carbonyl (C=O) groups excluding carboxylic acids is 4. The van der Waals surface area contributed by atoms with Crippen LogP contribution in [-0.2, 0) is 33.4 Å². The van der Waals surface area contributed by atoms with Crippen molar-refractivity contribution in [2.45, 2.75) is 171 Å². The summed E-state index contributed by atoms with van der Waals surface area (Å²) in [7, 11) is 3.01. The molecule has 8 fully saturated rings. The molecule has 1 aliphatic heterocycles. The minimum atomic E-state index is -0.368. The zero-order valence-corrected chi connectivity index (χ0v) is 40.1. The fourth-order valence-electron chi connectivity index (χ4n) is 18.5. The van der Waals surface area contributed by atoms with E-state index in [0.29, 0.717) is 71.0 Å². The van der Waals surface area contributed by atoms with Crippen molar-refractivity contribution < 1.29 is 33.4 Å². The number of rotatable bonds is 14. The predicted molar refractivity (Wildman–Crippen MR) is 238 cm³/mol. The molecular weight excluding hydrogens is 761 g/mol. The Bertz CT molecular complexity index is 1620. The monoisotopic (exact) mass is 847 g/mol. The molecule has 0 aromatic carbocycles. The molecule has 1 saturated heterocycles. The van der Waals surface area contributed by atoms with Crippen molar-refractivity contribution in [3.63, 3.8) is 0 Å². The first kappa shape index (κ1) is 45.6. The normalized spacial score (nSPS) is 48.6. The molecule has 8 aliphatic rings.